The zero-order valence-electron chi connectivity index (χ0n) is 15.6. The van der Waals surface area contributed by atoms with Gasteiger partial charge in [0, 0.05) is 45.8 Å². The first-order valence-electron chi connectivity index (χ1n) is 8.91. The predicted molar refractivity (Wildman–Crippen MR) is 104 cm³/mol. The van der Waals surface area contributed by atoms with Gasteiger partial charge < -0.3 is 19.7 Å². The Balaban J connectivity index is 1.65. The summed E-state index contributed by atoms with van der Waals surface area (Å²) in [6.07, 6.45) is 3.33. The van der Waals surface area contributed by atoms with Crippen LogP contribution in [0, 0.1) is 0 Å². The van der Waals surface area contributed by atoms with Crippen LogP contribution >= 0.6 is 0 Å². The molecular formula is C18H29N3O4S. The number of guanidine groups is 1. The number of nitrogens with one attached hydrogen (secondary N) is 1. The minimum Gasteiger partial charge on any atom is -0.490 e. The first-order valence-corrected chi connectivity index (χ1v) is 11.0. The van der Waals surface area contributed by atoms with Crippen LogP contribution in [0.4, 0.5) is 0 Å². The molecule has 0 spiro atoms. The Morgan fingerprint density at radius 1 is 1.23 bits per heavy atom. The number of ether oxygens (including phenoxy) is 2. The molecule has 1 aromatic rings. The first kappa shape index (κ1) is 20.5. The third kappa shape index (κ3) is 7.61. The van der Waals surface area contributed by atoms with E-state index in [-0.39, 0.29) is 18.5 Å². The number of piperidine rings is 1. The van der Waals surface area contributed by atoms with Gasteiger partial charge in [-0.05, 0) is 12.1 Å². The van der Waals surface area contributed by atoms with Gasteiger partial charge in [-0.2, -0.15) is 0 Å². The second-order valence-electron chi connectivity index (χ2n) is 6.33. The molecule has 7 nitrogen and oxygen atoms in total. The van der Waals surface area contributed by atoms with Gasteiger partial charge in [0.1, 0.15) is 21.7 Å². The molecule has 0 aliphatic carbocycles. The number of hydrogen-bond acceptors (Lipinski definition) is 5. The SMILES string of the molecule is CN=C(NCCOCCS(C)(=O)=O)N1CCC(Oc2ccccc2)CC1. The van der Waals surface area contributed by atoms with Crippen LogP contribution in [-0.4, -0.2) is 77.3 Å². The summed E-state index contributed by atoms with van der Waals surface area (Å²) >= 11 is 0. The third-order valence-corrected chi connectivity index (χ3v) is 5.04. The van der Waals surface area contributed by atoms with Crippen molar-refractivity contribution >= 4 is 15.8 Å². The van der Waals surface area contributed by atoms with E-state index in [1.165, 1.54) is 6.26 Å². The Morgan fingerprint density at radius 3 is 2.54 bits per heavy atom. The van der Waals surface area contributed by atoms with Crippen molar-refractivity contribution in [3.05, 3.63) is 30.3 Å². The Kier molecular flexibility index (Phi) is 8.18. The normalized spacial score (nSPS) is 16.5. The molecule has 1 aliphatic rings. The number of rotatable bonds is 8. The molecule has 0 saturated carbocycles. The molecule has 1 N–H and O–H groups in total. The standard InChI is InChI=1S/C18H29N3O4S/c1-19-18(20-10-13-24-14-15-26(2,22)23)21-11-8-17(9-12-21)25-16-6-4-3-5-7-16/h3-7,17H,8-15H2,1-2H3,(H,19,20). The molecule has 1 aromatic carbocycles. The maximum Gasteiger partial charge on any atom is 0.193 e. The second kappa shape index (κ2) is 10.4. The molecule has 1 fully saturated rings. The zero-order chi connectivity index (χ0) is 18.8. The van der Waals surface area contributed by atoms with Crippen molar-refractivity contribution in [3.8, 4) is 5.75 Å². The van der Waals surface area contributed by atoms with Crippen LogP contribution in [0.1, 0.15) is 12.8 Å². The molecule has 0 radical (unpaired) electrons. The van der Waals surface area contributed by atoms with E-state index in [0.29, 0.717) is 13.2 Å². The highest BCUT2D eigenvalue weighted by Crippen LogP contribution is 2.18. The van der Waals surface area contributed by atoms with E-state index in [1.807, 2.05) is 30.3 Å². The minimum absolute atomic E-state index is 0.0522. The van der Waals surface area contributed by atoms with Gasteiger partial charge in [-0.3, -0.25) is 4.99 Å². The lowest BCUT2D eigenvalue weighted by Crippen LogP contribution is -2.48. The van der Waals surface area contributed by atoms with Gasteiger partial charge in [0.2, 0.25) is 0 Å². The van der Waals surface area contributed by atoms with Crippen LogP contribution in [0.5, 0.6) is 5.75 Å². The smallest absolute Gasteiger partial charge is 0.193 e. The molecule has 0 bridgehead atoms. The fourth-order valence-electron chi connectivity index (χ4n) is 2.76. The summed E-state index contributed by atoms with van der Waals surface area (Å²) in [6, 6.07) is 9.91. The van der Waals surface area contributed by atoms with E-state index in [0.717, 1.165) is 37.6 Å². The van der Waals surface area contributed by atoms with Gasteiger partial charge >= 0.3 is 0 Å². The number of hydrogen-bond donors (Lipinski definition) is 1. The number of sulfone groups is 1. The Morgan fingerprint density at radius 2 is 1.92 bits per heavy atom. The number of benzene rings is 1. The Bertz CT molecular complexity index is 656. The summed E-state index contributed by atoms with van der Waals surface area (Å²) in [6.45, 7) is 3.03. The molecule has 0 aromatic heterocycles. The molecule has 1 heterocycles. The highest BCUT2D eigenvalue weighted by molar-refractivity contribution is 7.90. The van der Waals surface area contributed by atoms with E-state index < -0.39 is 9.84 Å². The minimum atomic E-state index is -2.97. The van der Waals surface area contributed by atoms with Crippen molar-refractivity contribution in [2.24, 2.45) is 4.99 Å². The monoisotopic (exact) mass is 383 g/mol. The largest absolute Gasteiger partial charge is 0.490 e. The fourth-order valence-corrected chi connectivity index (χ4v) is 3.18. The van der Waals surface area contributed by atoms with E-state index in [9.17, 15) is 8.42 Å². The van der Waals surface area contributed by atoms with Crippen LogP contribution in [0.15, 0.2) is 35.3 Å². The van der Waals surface area contributed by atoms with Crippen LogP contribution in [0.2, 0.25) is 0 Å². The van der Waals surface area contributed by atoms with Gasteiger partial charge in [-0.25, -0.2) is 8.42 Å². The summed E-state index contributed by atoms with van der Waals surface area (Å²) in [7, 11) is -1.20. The Hall–Kier alpha value is -1.80. The van der Waals surface area contributed by atoms with Crippen molar-refractivity contribution in [3.63, 3.8) is 0 Å². The summed E-state index contributed by atoms with van der Waals surface area (Å²) in [5, 5.41) is 3.26. The molecule has 1 saturated heterocycles. The molecular weight excluding hydrogens is 354 g/mol. The maximum atomic E-state index is 11.0. The first-order chi connectivity index (χ1) is 12.5. The fraction of sp³-hybridized carbons (Fsp3) is 0.611. The summed E-state index contributed by atoms with van der Waals surface area (Å²) in [5.74, 6) is 1.81. The quantitative estimate of drug-likeness (QED) is 0.412. The third-order valence-electron chi connectivity index (χ3n) is 4.13. The molecule has 1 aliphatic heterocycles. The molecule has 0 amide bonds. The molecule has 8 heteroatoms. The van der Waals surface area contributed by atoms with Crippen molar-refractivity contribution < 1.29 is 17.9 Å². The number of aliphatic imine (C=N–C) groups is 1. The predicted octanol–water partition coefficient (Wildman–Crippen LogP) is 1.17. The van der Waals surface area contributed by atoms with Crippen molar-refractivity contribution in [2.75, 3.05) is 51.9 Å². The average Bonchev–Trinajstić information content (AvgIpc) is 2.62. The Labute approximate surface area is 156 Å². The lowest BCUT2D eigenvalue weighted by molar-refractivity contribution is 0.128. The number of para-hydroxylation sites is 1. The van der Waals surface area contributed by atoms with Gasteiger partial charge in [0.25, 0.3) is 0 Å². The van der Waals surface area contributed by atoms with Crippen molar-refractivity contribution in [1.29, 1.82) is 0 Å². The molecule has 0 unspecified atom stereocenters. The van der Waals surface area contributed by atoms with Gasteiger partial charge in [0.15, 0.2) is 5.96 Å². The highest BCUT2D eigenvalue weighted by Gasteiger charge is 2.22. The van der Waals surface area contributed by atoms with E-state index in [1.54, 1.807) is 7.05 Å². The van der Waals surface area contributed by atoms with Crippen LogP contribution in [0.3, 0.4) is 0 Å². The molecule has 2 rings (SSSR count). The molecule has 26 heavy (non-hydrogen) atoms. The highest BCUT2D eigenvalue weighted by atomic mass is 32.2. The van der Waals surface area contributed by atoms with E-state index in [4.69, 9.17) is 9.47 Å². The maximum absolute atomic E-state index is 11.0. The number of likely N-dealkylation sites (tertiary alicyclic amines) is 1. The van der Waals surface area contributed by atoms with Crippen LogP contribution in [0.25, 0.3) is 0 Å². The van der Waals surface area contributed by atoms with Crippen LogP contribution < -0.4 is 10.1 Å². The average molecular weight is 384 g/mol. The second-order valence-corrected chi connectivity index (χ2v) is 8.59. The van der Waals surface area contributed by atoms with Gasteiger partial charge in [-0.15, -0.1) is 0 Å². The lowest BCUT2D eigenvalue weighted by atomic mass is 10.1. The van der Waals surface area contributed by atoms with Crippen molar-refractivity contribution in [2.45, 2.75) is 18.9 Å². The molecule has 146 valence electrons. The topological polar surface area (TPSA) is 80.2 Å². The van der Waals surface area contributed by atoms with Gasteiger partial charge in [-0.1, -0.05) is 18.2 Å². The van der Waals surface area contributed by atoms with Crippen LogP contribution in [-0.2, 0) is 14.6 Å². The summed E-state index contributed by atoms with van der Waals surface area (Å²) in [4.78, 5) is 6.53. The van der Waals surface area contributed by atoms with E-state index >= 15 is 0 Å². The lowest BCUT2D eigenvalue weighted by Gasteiger charge is -2.34. The van der Waals surface area contributed by atoms with E-state index in [2.05, 4.69) is 15.2 Å². The zero-order valence-corrected chi connectivity index (χ0v) is 16.4. The number of nitrogens with zero attached hydrogens (tertiary/aromatic N) is 2. The summed E-state index contributed by atoms with van der Waals surface area (Å²) in [5.41, 5.74) is 0. The summed E-state index contributed by atoms with van der Waals surface area (Å²) < 4.78 is 33.4. The molecule has 0 atom stereocenters. The van der Waals surface area contributed by atoms with Crippen molar-refractivity contribution in [1.82, 2.24) is 10.2 Å². The van der Waals surface area contributed by atoms with Gasteiger partial charge in [0.05, 0.1) is 19.0 Å².